The molecule has 0 atom stereocenters. The van der Waals surface area contributed by atoms with Crippen LogP contribution in [0.1, 0.15) is 11.3 Å². The van der Waals surface area contributed by atoms with Gasteiger partial charge in [-0.15, -0.1) is 0 Å². The van der Waals surface area contributed by atoms with Crippen molar-refractivity contribution in [3.63, 3.8) is 0 Å². The summed E-state index contributed by atoms with van der Waals surface area (Å²) in [5, 5.41) is 17.1. The highest BCUT2D eigenvalue weighted by Gasteiger charge is 2.05. The molecule has 98 valence electrons. The third-order valence-electron chi connectivity index (χ3n) is 2.93. The van der Waals surface area contributed by atoms with Crippen LogP contribution < -0.4 is 5.32 Å². The zero-order valence-electron chi connectivity index (χ0n) is 10.4. The van der Waals surface area contributed by atoms with Gasteiger partial charge in [-0.1, -0.05) is 11.6 Å². The molecule has 5 nitrogen and oxygen atoms in total. The predicted octanol–water partition coefficient (Wildman–Crippen LogP) is 2.87. The lowest BCUT2D eigenvalue weighted by molar-refractivity contribution is 0.854. The number of hydrogen-bond donors (Lipinski definition) is 1. The summed E-state index contributed by atoms with van der Waals surface area (Å²) in [5.74, 6) is 0. The molecule has 1 N–H and O–H groups in total. The normalized spacial score (nSPS) is 10.4. The zero-order valence-corrected chi connectivity index (χ0v) is 11.2. The van der Waals surface area contributed by atoms with Crippen molar-refractivity contribution in [2.24, 2.45) is 0 Å². The zero-order chi connectivity index (χ0) is 13.9. The van der Waals surface area contributed by atoms with Crippen molar-refractivity contribution < 1.29 is 0 Å². The summed E-state index contributed by atoms with van der Waals surface area (Å²) in [6.07, 6.45) is 3.44. The molecule has 0 amide bonds. The Morgan fingerprint density at radius 1 is 1.25 bits per heavy atom. The molecule has 2 aromatic heterocycles. The van der Waals surface area contributed by atoms with E-state index < -0.39 is 0 Å². The Labute approximate surface area is 120 Å². The van der Waals surface area contributed by atoms with Gasteiger partial charge in [0.25, 0.3) is 0 Å². The fourth-order valence-corrected chi connectivity index (χ4v) is 2.14. The van der Waals surface area contributed by atoms with E-state index in [1.807, 2.05) is 12.1 Å². The van der Waals surface area contributed by atoms with E-state index in [4.69, 9.17) is 16.9 Å². The molecule has 0 fully saturated rings. The number of rotatable bonds is 3. The highest BCUT2D eigenvalue weighted by Crippen LogP contribution is 2.20. The van der Waals surface area contributed by atoms with E-state index in [1.54, 1.807) is 35.1 Å². The second kappa shape index (κ2) is 5.19. The summed E-state index contributed by atoms with van der Waals surface area (Å²) in [4.78, 5) is 4.21. The molecular formula is C14H10ClN5. The lowest BCUT2D eigenvalue weighted by atomic mass is 10.2. The lowest BCUT2D eigenvalue weighted by Crippen LogP contribution is -2.07. The molecule has 6 heteroatoms. The van der Waals surface area contributed by atoms with Gasteiger partial charge in [0.05, 0.1) is 29.7 Å². The molecule has 0 aliphatic carbocycles. The molecule has 0 unspecified atom stereocenters. The molecular weight excluding hydrogens is 274 g/mol. The van der Waals surface area contributed by atoms with Gasteiger partial charge in [-0.3, -0.25) is 0 Å². The summed E-state index contributed by atoms with van der Waals surface area (Å²) in [6.45, 7) is 0.539. The van der Waals surface area contributed by atoms with Crippen LogP contribution in [0, 0.1) is 11.3 Å². The monoisotopic (exact) mass is 283 g/mol. The van der Waals surface area contributed by atoms with Gasteiger partial charge in [-0.25, -0.2) is 9.50 Å². The van der Waals surface area contributed by atoms with E-state index in [2.05, 4.69) is 21.5 Å². The number of halogens is 1. The van der Waals surface area contributed by atoms with Crippen molar-refractivity contribution in [3.8, 4) is 6.07 Å². The van der Waals surface area contributed by atoms with Gasteiger partial charge in [0.15, 0.2) is 5.65 Å². The predicted molar refractivity (Wildman–Crippen MR) is 76.5 cm³/mol. The average molecular weight is 284 g/mol. The van der Waals surface area contributed by atoms with Gasteiger partial charge in [0, 0.05) is 17.3 Å². The Bertz CT molecular complexity index is 803. The topological polar surface area (TPSA) is 66.0 Å². The molecule has 0 saturated carbocycles. The highest BCUT2D eigenvalue weighted by molar-refractivity contribution is 6.30. The quantitative estimate of drug-likeness (QED) is 0.803. The SMILES string of the molecule is N#Cc1cc(Cl)ccc1NCc1ccnc2ccnn12. The fraction of sp³-hybridized carbons (Fsp3) is 0.0714. The number of nitrogens with one attached hydrogen (secondary N) is 1. The standard InChI is InChI=1S/C14H10ClN5/c15-11-1-2-13(10(7-11)8-16)18-9-12-3-5-17-14-4-6-19-20(12)14/h1-7,18H,9H2. The number of nitriles is 1. The second-order valence-corrected chi connectivity index (χ2v) is 4.63. The third kappa shape index (κ3) is 2.29. The van der Waals surface area contributed by atoms with Crippen LogP contribution in [-0.4, -0.2) is 14.6 Å². The molecule has 3 aromatic rings. The summed E-state index contributed by atoms with van der Waals surface area (Å²) in [5.41, 5.74) is 3.01. The molecule has 3 rings (SSSR count). The summed E-state index contributed by atoms with van der Waals surface area (Å²) < 4.78 is 1.76. The minimum absolute atomic E-state index is 0.517. The molecule has 0 saturated heterocycles. The van der Waals surface area contributed by atoms with Gasteiger partial charge in [0.2, 0.25) is 0 Å². The van der Waals surface area contributed by atoms with E-state index in [0.717, 1.165) is 17.0 Å². The number of nitrogens with zero attached hydrogens (tertiary/aromatic N) is 4. The van der Waals surface area contributed by atoms with E-state index in [-0.39, 0.29) is 0 Å². The van der Waals surface area contributed by atoms with Crippen LogP contribution in [0.25, 0.3) is 5.65 Å². The molecule has 2 heterocycles. The first-order chi connectivity index (χ1) is 9.78. The Morgan fingerprint density at radius 2 is 2.15 bits per heavy atom. The van der Waals surface area contributed by atoms with Crippen LogP contribution in [0.3, 0.4) is 0 Å². The molecule has 0 radical (unpaired) electrons. The number of fused-ring (bicyclic) bond motifs is 1. The Morgan fingerprint density at radius 3 is 3.00 bits per heavy atom. The first-order valence-corrected chi connectivity index (χ1v) is 6.37. The number of benzene rings is 1. The number of anilines is 1. The summed E-state index contributed by atoms with van der Waals surface area (Å²) in [7, 11) is 0. The first kappa shape index (κ1) is 12.5. The first-order valence-electron chi connectivity index (χ1n) is 5.99. The van der Waals surface area contributed by atoms with Crippen LogP contribution in [0.2, 0.25) is 5.02 Å². The van der Waals surface area contributed by atoms with E-state index in [0.29, 0.717) is 17.1 Å². The fourth-order valence-electron chi connectivity index (χ4n) is 1.97. The van der Waals surface area contributed by atoms with Crippen LogP contribution in [0.4, 0.5) is 5.69 Å². The Hall–Kier alpha value is -2.58. The number of aromatic nitrogens is 3. The Kier molecular flexibility index (Phi) is 3.23. The molecule has 0 aliphatic rings. The molecule has 0 aliphatic heterocycles. The second-order valence-electron chi connectivity index (χ2n) is 4.19. The van der Waals surface area contributed by atoms with Gasteiger partial charge < -0.3 is 5.32 Å². The van der Waals surface area contributed by atoms with E-state index in [1.165, 1.54) is 0 Å². The highest BCUT2D eigenvalue weighted by atomic mass is 35.5. The van der Waals surface area contributed by atoms with Gasteiger partial charge >= 0.3 is 0 Å². The lowest BCUT2D eigenvalue weighted by Gasteiger charge is -2.09. The average Bonchev–Trinajstić information content (AvgIpc) is 2.94. The van der Waals surface area contributed by atoms with Crippen LogP contribution in [0.15, 0.2) is 42.7 Å². The molecule has 0 bridgehead atoms. The molecule has 1 aromatic carbocycles. The number of hydrogen-bond acceptors (Lipinski definition) is 4. The van der Waals surface area contributed by atoms with Crippen LogP contribution in [-0.2, 0) is 6.54 Å². The van der Waals surface area contributed by atoms with Crippen molar-refractivity contribution >= 4 is 22.9 Å². The van der Waals surface area contributed by atoms with Crippen molar-refractivity contribution in [1.82, 2.24) is 14.6 Å². The van der Waals surface area contributed by atoms with E-state index >= 15 is 0 Å². The maximum absolute atomic E-state index is 9.10. The minimum Gasteiger partial charge on any atom is -0.378 e. The van der Waals surface area contributed by atoms with Crippen molar-refractivity contribution in [2.75, 3.05) is 5.32 Å². The van der Waals surface area contributed by atoms with Gasteiger partial charge in [-0.05, 0) is 24.3 Å². The van der Waals surface area contributed by atoms with Gasteiger partial charge in [0.1, 0.15) is 6.07 Å². The van der Waals surface area contributed by atoms with Crippen LogP contribution in [0.5, 0.6) is 0 Å². The Balaban J connectivity index is 1.87. The van der Waals surface area contributed by atoms with Crippen LogP contribution >= 0.6 is 11.6 Å². The van der Waals surface area contributed by atoms with Crippen molar-refractivity contribution in [1.29, 1.82) is 5.26 Å². The third-order valence-corrected chi connectivity index (χ3v) is 3.17. The van der Waals surface area contributed by atoms with Crippen molar-refractivity contribution in [2.45, 2.75) is 6.54 Å². The summed E-state index contributed by atoms with van der Waals surface area (Å²) >= 11 is 5.87. The van der Waals surface area contributed by atoms with Crippen molar-refractivity contribution in [3.05, 3.63) is 59.0 Å². The summed E-state index contributed by atoms with van der Waals surface area (Å²) in [6, 6.07) is 11.0. The van der Waals surface area contributed by atoms with Gasteiger partial charge in [-0.2, -0.15) is 10.4 Å². The maximum Gasteiger partial charge on any atom is 0.155 e. The maximum atomic E-state index is 9.10. The minimum atomic E-state index is 0.517. The molecule has 0 spiro atoms. The molecule has 20 heavy (non-hydrogen) atoms. The largest absolute Gasteiger partial charge is 0.378 e. The smallest absolute Gasteiger partial charge is 0.155 e. The van der Waals surface area contributed by atoms with E-state index in [9.17, 15) is 0 Å².